The molecule has 0 atom stereocenters. The highest BCUT2D eigenvalue weighted by Crippen LogP contribution is 2.24. The van der Waals surface area contributed by atoms with E-state index in [0.717, 1.165) is 42.3 Å². The van der Waals surface area contributed by atoms with Gasteiger partial charge >= 0.3 is 0 Å². The SMILES string of the molecule is c1csc(-c2ncc3c(n2)CCN(Cc2cncnc2)C3)c1. The Balaban J connectivity index is 1.52. The summed E-state index contributed by atoms with van der Waals surface area (Å²) in [4.78, 5) is 20.9. The third-order valence-electron chi connectivity index (χ3n) is 3.77. The molecule has 0 aliphatic carbocycles. The Morgan fingerprint density at radius 1 is 1.18 bits per heavy atom. The van der Waals surface area contributed by atoms with E-state index in [1.807, 2.05) is 24.7 Å². The van der Waals surface area contributed by atoms with E-state index in [4.69, 9.17) is 4.98 Å². The maximum absolute atomic E-state index is 4.75. The van der Waals surface area contributed by atoms with Crippen molar-refractivity contribution in [3.8, 4) is 10.7 Å². The average Bonchev–Trinajstić information content (AvgIpc) is 3.10. The maximum atomic E-state index is 4.75. The summed E-state index contributed by atoms with van der Waals surface area (Å²) in [5.74, 6) is 0.846. The standard InChI is InChI=1S/C16H15N5S/c1-2-15(22-5-1)16-19-8-13-10-21(4-3-14(13)20-16)9-12-6-17-11-18-7-12/h1-2,5-8,11H,3-4,9-10H2. The first-order valence-corrected chi connectivity index (χ1v) is 8.11. The van der Waals surface area contributed by atoms with Gasteiger partial charge in [0.15, 0.2) is 5.82 Å². The van der Waals surface area contributed by atoms with E-state index in [1.165, 1.54) is 11.3 Å². The van der Waals surface area contributed by atoms with Crippen LogP contribution >= 0.6 is 11.3 Å². The van der Waals surface area contributed by atoms with Crippen molar-refractivity contribution in [1.29, 1.82) is 0 Å². The Labute approximate surface area is 132 Å². The topological polar surface area (TPSA) is 54.8 Å². The molecule has 6 heteroatoms. The molecular weight excluding hydrogens is 294 g/mol. The van der Waals surface area contributed by atoms with Crippen LogP contribution in [-0.4, -0.2) is 31.4 Å². The van der Waals surface area contributed by atoms with E-state index in [-0.39, 0.29) is 0 Å². The van der Waals surface area contributed by atoms with Gasteiger partial charge in [0.2, 0.25) is 0 Å². The van der Waals surface area contributed by atoms with Gasteiger partial charge in [-0.1, -0.05) is 6.07 Å². The minimum Gasteiger partial charge on any atom is -0.294 e. The molecule has 0 spiro atoms. The lowest BCUT2D eigenvalue weighted by Gasteiger charge is -2.27. The molecule has 1 aliphatic heterocycles. The van der Waals surface area contributed by atoms with Gasteiger partial charge in [0.25, 0.3) is 0 Å². The third kappa shape index (κ3) is 2.75. The average molecular weight is 309 g/mol. The van der Waals surface area contributed by atoms with Crippen LogP contribution in [0.15, 0.2) is 42.4 Å². The second-order valence-electron chi connectivity index (χ2n) is 5.35. The lowest BCUT2D eigenvalue weighted by atomic mass is 10.1. The zero-order valence-electron chi connectivity index (χ0n) is 12.0. The molecule has 0 amide bonds. The minimum atomic E-state index is 0.846. The van der Waals surface area contributed by atoms with Crippen LogP contribution in [-0.2, 0) is 19.5 Å². The van der Waals surface area contributed by atoms with Crippen LogP contribution in [0.4, 0.5) is 0 Å². The van der Waals surface area contributed by atoms with Gasteiger partial charge < -0.3 is 0 Å². The Kier molecular flexibility index (Phi) is 3.62. The predicted molar refractivity (Wildman–Crippen MR) is 85.2 cm³/mol. The number of fused-ring (bicyclic) bond motifs is 1. The number of rotatable bonds is 3. The van der Waals surface area contributed by atoms with E-state index in [1.54, 1.807) is 17.7 Å². The fourth-order valence-corrected chi connectivity index (χ4v) is 3.37. The van der Waals surface area contributed by atoms with Gasteiger partial charge in [0.1, 0.15) is 6.33 Å². The number of hydrogen-bond donors (Lipinski definition) is 0. The summed E-state index contributed by atoms with van der Waals surface area (Å²) in [5.41, 5.74) is 3.55. The molecular formula is C16H15N5S. The molecule has 0 saturated heterocycles. The highest BCUT2D eigenvalue weighted by molar-refractivity contribution is 7.13. The second kappa shape index (κ2) is 5.90. The zero-order chi connectivity index (χ0) is 14.8. The van der Waals surface area contributed by atoms with Gasteiger partial charge in [-0.05, 0) is 11.4 Å². The van der Waals surface area contributed by atoms with Crippen molar-refractivity contribution < 1.29 is 0 Å². The monoisotopic (exact) mass is 309 g/mol. The molecule has 0 saturated carbocycles. The van der Waals surface area contributed by atoms with Crippen LogP contribution < -0.4 is 0 Å². The molecule has 3 aromatic heterocycles. The number of aromatic nitrogens is 4. The van der Waals surface area contributed by atoms with Crippen LogP contribution in [0.2, 0.25) is 0 Å². The first-order chi connectivity index (χ1) is 10.9. The highest BCUT2D eigenvalue weighted by atomic mass is 32.1. The van der Waals surface area contributed by atoms with Gasteiger partial charge in [-0.25, -0.2) is 19.9 Å². The minimum absolute atomic E-state index is 0.846. The molecule has 1 aliphatic rings. The van der Waals surface area contributed by atoms with Crippen LogP contribution in [0.5, 0.6) is 0 Å². The smallest absolute Gasteiger partial charge is 0.169 e. The molecule has 0 N–H and O–H groups in total. The molecule has 22 heavy (non-hydrogen) atoms. The van der Waals surface area contributed by atoms with Crippen LogP contribution in [0.3, 0.4) is 0 Å². The molecule has 0 fully saturated rings. The van der Waals surface area contributed by atoms with Gasteiger partial charge in [-0.3, -0.25) is 4.90 Å². The van der Waals surface area contributed by atoms with E-state index in [2.05, 4.69) is 31.3 Å². The summed E-state index contributed by atoms with van der Waals surface area (Å²) in [5, 5.41) is 2.06. The largest absolute Gasteiger partial charge is 0.294 e. The fourth-order valence-electron chi connectivity index (χ4n) is 2.70. The molecule has 4 heterocycles. The maximum Gasteiger partial charge on any atom is 0.169 e. The van der Waals surface area contributed by atoms with Crippen molar-refractivity contribution in [3.05, 3.63) is 59.3 Å². The molecule has 0 bridgehead atoms. The van der Waals surface area contributed by atoms with Crippen molar-refractivity contribution in [1.82, 2.24) is 24.8 Å². The molecule has 0 unspecified atom stereocenters. The molecule has 0 aromatic carbocycles. The van der Waals surface area contributed by atoms with Crippen LogP contribution in [0.25, 0.3) is 10.7 Å². The summed E-state index contributed by atoms with van der Waals surface area (Å²) in [6.07, 6.45) is 8.25. The fraction of sp³-hybridized carbons (Fsp3) is 0.250. The summed E-state index contributed by atoms with van der Waals surface area (Å²) < 4.78 is 0. The highest BCUT2D eigenvalue weighted by Gasteiger charge is 2.19. The Hall–Kier alpha value is -2.18. The van der Waals surface area contributed by atoms with Crippen LogP contribution in [0, 0.1) is 0 Å². The summed E-state index contributed by atoms with van der Waals surface area (Å²) in [6, 6.07) is 4.10. The predicted octanol–water partition coefficient (Wildman–Crippen LogP) is 2.55. The van der Waals surface area contributed by atoms with Crippen LogP contribution in [0.1, 0.15) is 16.8 Å². The molecule has 110 valence electrons. The molecule has 3 aromatic rings. The number of nitrogens with zero attached hydrogens (tertiary/aromatic N) is 5. The third-order valence-corrected chi connectivity index (χ3v) is 4.64. The number of thiophene rings is 1. The van der Waals surface area contributed by atoms with Crippen molar-refractivity contribution >= 4 is 11.3 Å². The van der Waals surface area contributed by atoms with Gasteiger partial charge in [0, 0.05) is 55.8 Å². The molecule has 4 rings (SSSR count). The Morgan fingerprint density at radius 3 is 2.91 bits per heavy atom. The van der Waals surface area contributed by atoms with Crippen molar-refractivity contribution in [2.75, 3.05) is 6.54 Å². The summed E-state index contributed by atoms with van der Waals surface area (Å²) >= 11 is 1.68. The lowest BCUT2D eigenvalue weighted by Crippen LogP contribution is -2.31. The summed E-state index contributed by atoms with van der Waals surface area (Å²) in [7, 11) is 0. The van der Waals surface area contributed by atoms with Crippen molar-refractivity contribution in [2.45, 2.75) is 19.5 Å². The van der Waals surface area contributed by atoms with Gasteiger partial charge in [-0.15, -0.1) is 11.3 Å². The van der Waals surface area contributed by atoms with Gasteiger partial charge in [-0.2, -0.15) is 0 Å². The normalized spacial score (nSPS) is 14.7. The Morgan fingerprint density at radius 2 is 2.09 bits per heavy atom. The van der Waals surface area contributed by atoms with Gasteiger partial charge in [0.05, 0.1) is 10.6 Å². The first kappa shape index (κ1) is 13.5. The van der Waals surface area contributed by atoms with E-state index in [0.29, 0.717) is 0 Å². The Bertz CT molecular complexity index is 757. The van der Waals surface area contributed by atoms with Crippen molar-refractivity contribution in [3.63, 3.8) is 0 Å². The summed E-state index contributed by atoms with van der Waals surface area (Å²) in [6.45, 7) is 2.75. The zero-order valence-corrected chi connectivity index (χ0v) is 12.8. The quantitative estimate of drug-likeness (QED) is 0.744. The molecule has 5 nitrogen and oxygen atoms in total. The van der Waals surface area contributed by atoms with E-state index in [9.17, 15) is 0 Å². The lowest BCUT2D eigenvalue weighted by molar-refractivity contribution is 0.242. The molecule has 0 radical (unpaired) electrons. The van der Waals surface area contributed by atoms with E-state index >= 15 is 0 Å². The number of hydrogen-bond acceptors (Lipinski definition) is 6. The van der Waals surface area contributed by atoms with Crippen molar-refractivity contribution in [2.24, 2.45) is 0 Å². The first-order valence-electron chi connectivity index (χ1n) is 7.23. The second-order valence-corrected chi connectivity index (χ2v) is 6.30. The van der Waals surface area contributed by atoms with E-state index < -0.39 is 0 Å².